The number of carbonyl (C=O) groups excluding carboxylic acids is 3. The van der Waals surface area contributed by atoms with Crippen LogP contribution in [0, 0.1) is 11.8 Å². The molecule has 1 amide bonds. The second-order valence-corrected chi connectivity index (χ2v) is 11.2. The molecular formula is C29H33N5O7. The molecule has 1 aromatic carbocycles. The third-order valence-corrected chi connectivity index (χ3v) is 8.40. The van der Waals surface area contributed by atoms with Crippen LogP contribution in [0.5, 0.6) is 5.75 Å². The minimum Gasteiger partial charge on any atom is -0.508 e. The number of likely N-dealkylation sites (N-methyl/N-ethyl adjacent to an activating group) is 1. The summed E-state index contributed by atoms with van der Waals surface area (Å²) in [6.45, 7) is 0.176. The van der Waals surface area contributed by atoms with Gasteiger partial charge in [0, 0.05) is 55.8 Å². The van der Waals surface area contributed by atoms with Gasteiger partial charge in [-0.1, -0.05) is 0 Å². The molecule has 7 N–H and O–H groups in total. The topological polar surface area (TPSA) is 190 Å². The number of nitrogens with zero attached hydrogens (tertiary/aromatic N) is 3. The number of nitrogens with two attached hydrogens (primary N) is 1. The van der Waals surface area contributed by atoms with Crippen molar-refractivity contribution in [1.29, 1.82) is 0 Å². The summed E-state index contributed by atoms with van der Waals surface area (Å²) < 4.78 is 0. The molecule has 0 saturated heterocycles. The predicted molar refractivity (Wildman–Crippen MR) is 150 cm³/mol. The van der Waals surface area contributed by atoms with Crippen LogP contribution in [0.25, 0.3) is 5.76 Å². The number of Topliss-reactive ketones (excluding diaryl/α,β-unsaturated/α-hetero) is 2. The van der Waals surface area contributed by atoms with Crippen molar-refractivity contribution in [3.8, 4) is 5.75 Å². The number of rotatable bonds is 6. The van der Waals surface area contributed by atoms with Gasteiger partial charge in [0.25, 0.3) is 5.91 Å². The van der Waals surface area contributed by atoms with Gasteiger partial charge in [-0.25, -0.2) is 0 Å². The quantitative estimate of drug-likeness (QED) is 0.275. The monoisotopic (exact) mass is 563 g/mol. The largest absolute Gasteiger partial charge is 0.508 e. The van der Waals surface area contributed by atoms with E-state index in [0.717, 1.165) is 0 Å². The van der Waals surface area contributed by atoms with Crippen LogP contribution < -0.4 is 16.0 Å². The SMILES string of the molecule is CN(C)c1cc(CNc2cccnc2)c(O)c2c1C[C@H]1C[C@H]3C(N(C)C)C(=O)C(C(N)=O)=C(O)[C@@]3(O)C(=O)C1=C2O. The summed E-state index contributed by atoms with van der Waals surface area (Å²) in [6, 6.07) is 4.25. The zero-order chi connectivity index (χ0) is 30.0. The molecule has 5 rings (SSSR count). The van der Waals surface area contributed by atoms with Gasteiger partial charge in [-0.05, 0) is 56.6 Å². The summed E-state index contributed by atoms with van der Waals surface area (Å²) in [5.41, 5.74) is 4.20. The summed E-state index contributed by atoms with van der Waals surface area (Å²) in [6.07, 6.45) is 3.50. The summed E-state index contributed by atoms with van der Waals surface area (Å²) in [5.74, 6) is -6.74. The summed E-state index contributed by atoms with van der Waals surface area (Å²) in [4.78, 5) is 46.8. The number of benzene rings is 1. The predicted octanol–water partition coefficient (Wildman–Crippen LogP) is 1.04. The Morgan fingerprint density at radius 3 is 2.49 bits per heavy atom. The number of hydrogen-bond acceptors (Lipinski definition) is 11. The number of fused-ring (bicyclic) bond motifs is 3. The number of nitrogens with one attached hydrogen (secondary N) is 1. The van der Waals surface area contributed by atoms with Gasteiger partial charge in [0.15, 0.2) is 11.4 Å². The molecule has 12 heteroatoms. The molecule has 1 heterocycles. The minimum atomic E-state index is -2.68. The van der Waals surface area contributed by atoms with Gasteiger partial charge >= 0.3 is 0 Å². The molecule has 3 aliphatic rings. The molecule has 12 nitrogen and oxygen atoms in total. The molecule has 41 heavy (non-hydrogen) atoms. The number of aromatic hydroxyl groups is 1. The van der Waals surface area contributed by atoms with Crippen LogP contribution in [0.1, 0.15) is 23.1 Å². The van der Waals surface area contributed by atoms with Gasteiger partial charge in [0.2, 0.25) is 5.78 Å². The lowest BCUT2D eigenvalue weighted by Crippen LogP contribution is -2.65. The highest BCUT2D eigenvalue weighted by molar-refractivity contribution is 6.24. The molecule has 1 saturated carbocycles. The van der Waals surface area contributed by atoms with Crippen LogP contribution in [-0.4, -0.2) is 87.6 Å². The Bertz CT molecular complexity index is 1530. The Kier molecular flexibility index (Phi) is 6.79. The summed E-state index contributed by atoms with van der Waals surface area (Å²) in [5, 5.41) is 48.9. The number of ketones is 2. The van der Waals surface area contributed by atoms with E-state index in [1.54, 1.807) is 38.6 Å². The number of aliphatic hydroxyl groups excluding tert-OH is 2. The molecule has 3 aliphatic carbocycles. The Morgan fingerprint density at radius 2 is 1.90 bits per heavy atom. The Balaban J connectivity index is 1.68. The van der Waals surface area contributed by atoms with E-state index in [-0.39, 0.29) is 36.3 Å². The van der Waals surface area contributed by atoms with Crippen molar-refractivity contribution in [2.75, 3.05) is 38.4 Å². The summed E-state index contributed by atoms with van der Waals surface area (Å²) in [7, 11) is 6.78. The lowest BCUT2D eigenvalue weighted by atomic mass is 9.57. The number of hydrogen-bond donors (Lipinski definition) is 6. The lowest BCUT2D eigenvalue weighted by molar-refractivity contribution is -0.153. The van der Waals surface area contributed by atoms with Crippen molar-refractivity contribution in [2.45, 2.75) is 31.0 Å². The van der Waals surface area contributed by atoms with Crippen molar-refractivity contribution >= 4 is 34.6 Å². The van der Waals surface area contributed by atoms with Crippen molar-refractivity contribution in [1.82, 2.24) is 9.88 Å². The number of carbonyl (C=O) groups is 3. The van der Waals surface area contributed by atoms with Crippen molar-refractivity contribution < 1.29 is 34.8 Å². The Morgan fingerprint density at radius 1 is 1.20 bits per heavy atom. The number of primary amides is 1. The van der Waals surface area contributed by atoms with Crippen molar-refractivity contribution in [2.24, 2.45) is 17.6 Å². The number of pyridine rings is 1. The fourth-order valence-electron chi connectivity index (χ4n) is 6.54. The Labute approximate surface area is 236 Å². The highest BCUT2D eigenvalue weighted by Crippen LogP contribution is 2.54. The molecule has 0 spiro atoms. The van der Waals surface area contributed by atoms with Crippen LogP contribution in [0.15, 0.2) is 47.5 Å². The lowest BCUT2D eigenvalue weighted by Gasteiger charge is -2.50. The smallest absolute Gasteiger partial charge is 0.255 e. The minimum absolute atomic E-state index is 0.0315. The van der Waals surface area contributed by atoms with E-state index in [1.807, 2.05) is 25.1 Å². The molecule has 0 aliphatic heterocycles. The maximum atomic E-state index is 14.1. The first-order valence-corrected chi connectivity index (χ1v) is 13.1. The fourth-order valence-corrected chi connectivity index (χ4v) is 6.54. The van der Waals surface area contributed by atoms with E-state index >= 15 is 0 Å². The van der Waals surface area contributed by atoms with Gasteiger partial charge in [0.1, 0.15) is 22.8 Å². The summed E-state index contributed by atoms with van der Waals surface area (Å²) >= 11 is 0. The molecule has 2 aromatic rings. The average Bonchev–Trinajstić information content (AvgIpc) is 2.90. The van der Waals surface area contributed by atoms with Gasteiger partial charge in [-0.2, -0.15) is 0 Å². The number of anilines is 2. The normalized spacial score (nSPS) is 25.6. The third-order valence-electron chi connectivity index (χ3n) is 8.40. The van der Waals surface area contributed by atoms with Gasteiger partial charge in [0.05, 0.1) is 17.3 Å². The first kappa shape index (κ1) is 28.1. The second-order valence-electron chi connectivity index (χ2n) is 11.2. The molecule has 1 unspecified atom stereocenters. The standard InChI is InChI=1S/C29H33N5O7/c1-33(2)18-10-14(11-32-15-6-5-7-31-12-15)23(35)20-16(18)8-13-9-17-22(34(3)4)25(37)21(28(30)40)27(39)29(17,41)26(38)19(13)24(20)36/h5-7,10,12-13,17,22,32,35-36,39,41H,8-9,11H2,1-4H3,(H2,30,40)/t13-,17-,22?,29-/m0/s1. The van der Waals surface area contributed by atoms with Crippen LogP contribution in [-0.2, 0) is 27.3 Å². The van der Waals surface area contributed by atoms with Crippen LogP contribution in [0.3, 0.4) is 0 Å². The average molecular weight is 564 g/mol. The molecule has 1 fully saturated rings. The Hall–Kier alpha value is -4.42. The van der Waals surface area contributed by atoms with E-state index in [1.165, 1.54) is 4.90 Å². The van der Waals surface area contributed by atoms with Crippen molar-refractivity contribution in [3.05, 3.63) is 64.2 Å². The number of aliphatic hydroxyl groups is 3. The number of phenols is 1. The maximum absolute atomic E-state index is 14.1. The first-order valence-electron chi connectivity index (χ1n) is 13.1. The molecular weight excluding hydrogens is 530 g/mol. The fraction of sp³-hybridized carbons (Fsp3) is 0.379. The van der Waals surface area contributed by atoms with Gasteiger partial charge in [-0.15, -0.1) is 0 Å². The third kappa shape index (κ3) is 4.13. The van der Waals surface area contributed by atoms with Crippen LogP contribution >= 0.6 is 0 Å². The van der Waals surface area contributed by atoms with Gasteiger partial charge in [-0.3, -0.25) is 24.3 Å². The van der Waals surface area contributed by atoms with E-state index in [4.69, 9.17) is 5.73 Å². The highest BCUT2D eigenvalue weighted by Gasteiger charge is 2.64. The van der Waals surface area contributed by atoms with Crippen LogP contribution in [0.4, 0.5) is 11.4 Å². The van der Waals surface area contributed by atoms with E-state index in [2.05, 4.69) is 10.3 Å². The second kappa shape index (κ2) is 9.89. The number of amides is 1. The first-order chi connectivity index (χ1) is 19.3. The molecule has 0 bridgehead atoms. The highest BCUT2D eigenvalue weighted by atomic mass is 16.3. The molecule has 1 aromatic heterocycles. The van der Waals surface area contributed by atoms with E-state index in [9.17, 15) is 34.8 Å². The van der Waals surface area contributed by atoms with Crippen molar-refractivity contribution in [3.63, 3.8) is 0 Å². The molecule has 4 atom stereocenters. The zero-order valence-electron chi connectivity index (χ0n) is 23.2. The maximum Gasteiger partial charge on any atom is 0.255 e. The van der Waals surface area contributed by atoms with Crippen LogP contribution in [0.2, 0.25) is 0 Å². The molecule has 216 valence electrons. The number of phenolic OH excluding ortho intramolecular Hbond substituents is 1. The van der Waals surface area contributed by atoms with E-state index < -0.39 is 58.0 Å². The van der Waals surface area contributed by atoms with E-state index in [0.29, 0.717) is 22.5 Å². The molecule has 0 radical (unpaired) electrons. The number of aromatic nitrogens is 1. The van der Waals surface area contributed by atoms with Gasteiger partial charge < -0.3 is 36.4 Å². The zero-order valence-corrected chi connectivity index (χ0v) is 23.2.